The number of rotatable bonds is 4. The molecule has 0 unspecified atom stereocenters. The van der Waals surface area contributed by atoms with Gasteiger partial charge >= 0.3 is 0 Å². The second-order valence-corrected chi connectivity index (χ2v) is 4.56. The number of aromatic nitrogens is 2. The van der Waals surface area contributed by atoms with Crippen LogP contribution < -0.4 is 10.1 Å². The van der Waals surface area contributed by atoms with Gasteiger partial charge in [0.1, 0.15) is 23.0 Å². The smallest absolute Gasteiger partial charge is 0.149 e. The summed E-state index contributed by atoms with van der Waals surface area (Å²) < 4.78 is 6.01. The van der Waals surface area contributed by atoms with Gasteiger partial charge in [-0.3, -0.25) is 0 Å². The van der Waals surface area contributed by atoms with Crippen LogP contribution in [0, 0.1) is 0 Å². The Morgan fingerprint density at radius 3 is 2.67 bits per heavy atom. The lowest BCUT2D eigenvalue weighted by Crippen LogP contribution is -1.96. The highest BCUT2D eigenvalue weighted by Crippen LogP contribution is 2.28. The summed E-state index contributed by atoms with van der Waals surface area (Å²) in [7, 11) is 0. The van der Waals surface area contributed by atoms with Crippen LogP contribution in [0.2, 0.25) is 5.15 Å². The average Bonchev–Trinajstić information content (AvgIpc) is 2.38. The Morgan fingerprint density at radius 2 is 2.00 bits per heavy atom. The van der Waals surface area contributed by atoms with E-state index in [1.807, 2.05) is 31.2 Å². The van der Waals surface area contributed by atoms with Crippen LogP contribution in [0.4, 0.5) is 11.5 Å². The van der Waals surface area contributed by atoms with Crippen molar-refractivity contribution < 1.29 is 4.74 Å². The molecule has 0 bridgehead atoms. The lowest BCUT2D eigenvalue weighted by atomic mass is 10.3. The zero-order valence-electron chi connectivity index (χ0n) is 9.65. The zero-order chi connectivity index (χ0) is 13.0. The van der Waals surface area contributed by atoms with Gasteiger partial charge in [0.25, 0.3) is 0 Å². The lowest BCUT2D eigenvalue weighted by molar-refractivity contribution is 0.340. The number of hydrogen-bond acceptors (Lipinski definition) is 4. The quantitative estimate of drug-likeness (QED) is 0.861. The molecule has 0 aliphatic heterocycles. The van der Waals surface area contributed by atoms with Gasteiger partial charge in [-0.2, -0.15) is 0 Å². The first-order valence-corrected chi connectivity index (χ1v) is 6.53. The molecule has 18 heavy (non-hydrogen) atoms. The second kappa shape index (κ2) is 6.02. The van der Waals surface area contributed by atoms with Crippen LogP contribution >= 0.6 is 27.5 Å². The molecule has 1 heterocycles. The molecule has 1 aromatic heterocycles. The van der Waals surface area contributed by atoms with Crippen molar-refractivity contribution in [2.75, 3.05) is 11.9 Å². The number of nitrogens with zero attached hydrogens (tertiary/aromatic N) is 2. The van der Waals surface area contributed by atoms with Crippen LogP contribution in [0.3, 0.4) is 0 Å². The molecule has 94 valence electrons. The molecule has 0 radical (unpaired) electrons. The van der Waals surface area contributed by atoms with Gasteiger partial charge in [-0.15, -0.1) is 0 Å². The van der Waals surface area contributed by atoms with E-state index in [9.17, 15) is 0 Å². The molecule has 0 aliphatic carbocycles. The standard InChI is InChI=1S/C12H11BrClN3O/c1-2-18-9-5-3-8(4-6-9)17-12-10(13)11(14)15-7-16-12/h3-7H,2H2,1H3,(H,15,16,17). The Morgan fingerprint density at radius 1 is 1.28 bits per heavy atom. The first kappa shape index (κ1) is 13.1. The molecule has 2 aromatic rings. The van der Waals surface area contributed by atoms with Gasteiger partial charge in [0.15, 0.2) is 0 Å². The maximum atomic E-state index is 5.89. The average molecular weight is 329 g/mol. The third-order valence-electron chi connectivity index (χ3n) is 2.17. The van der Waals surface area contributed by atoms with E-state index in [0.29, 0.717) is 22.1 Å². The Labute approximate surface area is 118 Å². The van der Waals surface area contributed by atoms with Crippen molar-refractivity contribution >= 4 is 39.0 Å². The van der Waals surface area contributed by atoms with Crippen molar-refractivity contribution in [3.05, 3.63) is 40.2 Å². The Kier molecular flexibility index (Phi) is 4.38. The summed E-state index contributed by atoms with van der Waals surface area (Å²) in [6.45, 7) is 2.60. The molecule has 6 heteroatoms. The normalized spacial score (nSPS) is 10.2. The Hall–Kier alpha value is -1.33. The summed E-state index contributed by atoms with van der Waals surface area (Å²) in [6, 6.07) is 7.60. The van der Waals surface area contributed by atoms with Crippen LogP contribution in [-0.2, 0) is 0 Å². The van der Waals surface area contributed by atoms with Crippen molar-refractivity contribution in [2.45, 2.75) is 6.92 Å². The van der Waals surface area contributed by atoms with Crippen molar-refractivity contribution in [1.29, 1.82) is 0 Å². The minimum atomic E-state index is 0.374. The zero-order valence-corrected chi connectivity index (χ0v) is 12.0. The van der Waals surface area contributed by atoms with Crippen LogP contribution in [0.1, 0.15) is 6.92 Å². The number of hydrogen-bond donors (Lipinski definition) is 1. The van der Waals surface area contributed by atoms with E-state index < -0.39 is 0 Å². The summed E-state index contributed by atoms with van der Waals surface area (Å²) >= 11 is 9.22. The molecule has 4 nitrogen and oxygen atoms in total. The van der Waals surface area contributed by atoms with Gasteiger partial charge in [0.2, 0.25) is 0 Å². The molecule has 1 N–H and O–H groups in total. The molecule has 0 fully saturated rings. The number of nitrogens with one attached hydrogen (secondary N) is 1. The molecule has 1 aromatic carbocycles. The maximum absolute atomic E-state index is 5.89. The predicted octanol–water partition coefficient (Wildman–Crippen LogP) is 4.03. The Balaban J connectivity index is 2.16. The Bertz CT molecular complexity index is 533. The number of halogens is 2. The largest absolute Gasteiger partial charge is 0.494 e. The minimum absolute atomic E-state index is 0.374. The highest BCUT2D eigenvalue weighted by Gasteiger charge is 2.06. The summed E-state index contributed by atoms with van der Waals surface area (Å²) in [5, 5.41) is 3.52. The van der Waals surface area contributed by atoms with Gasteiger partial charge in [0, 0.05) is 5.69 Å². The number of anilines is 2. The van der Waals surface area contributed by atoms with E-state index in [0.717, 1.165) is 11.4 Å². The van der Waals surface area contributed by atoms with Crippen LogP contribution in [0.15, 0.2) is 35.1 Å². The summed E-state index contributed by atoms with van der Waals surface area (Å²) in [4.78, 5) is 7.98. The van der Waals surface area contributed by atoms with Crippen molar-refractivity contribution in [3.63, 3.8) is 0 Å². The van der Waals surface area contributed by atoms with E-state index >= 15 is 0 Å². The van der Waals surface area contributed by atoms with Crippen LogP contribution in [-0.4, -0.2) is 16.6 Å². The first-order valence-electron chi connectivity index (χ1n) is 5.36. The fourth-order valence-electron chi connectivity index (χ4n) is 1.37. The van der Waals surface area contributed by atoms with E-state index in [-0.39, 0.29) is 0 Å². The van der Waals surface area contributed by atoms with Gasteiger partial charge in [-0.25, -0.2) is 9.97 Å². The molecule has 0 amide bonds. The molecule has 2 rings (SSSR count). The van der Waals surface area contributed by atoms with Crippen molar-refractivity contribution in [1.82, 2.24) is 9.97 Å². The molecule has 0 spiro atoms. The third-order valence-corrected chi connectivity index (χ3v) is 3.44. The second-order valence-electron chi connectivity index (χ2n) is 3.41. The van der Waals surface area contributed by atoms with E-state index in [2.05, 4.69) is 31.2 Å². The molecule has 0 saturated carbocycles. The first-order chi connectivity index (χ1) is 8.70. The highest BCUT2D eigenvalue weighted by molar-refractivity contribution is 9.10. The van der Waals surface area contributed by atoms with Crippen LogP contribution in [0.25, 0.3) is 0 Å². The van der Waals surface area contributed by atoms with E-state index in [1.165, 1.54) is 6.33 Å². The van der Waals surface area contributed by atoms with E-state index in [1.54, 1.807) is 0 Å². The summed E-state index contributed by atoms with van der Waals surface area (Å²) in [6.07, 6.45) is 1.41. The summed E-state index contributed by atoms with van der Waals surface area (Å²) in [5.74, 6) is 1.46. The molecular formula is C12H11BrClN3O. The number of benzene rings is 1. The number of ether oxygens (including phenoxy) is 1. The topological polar surface area (TPSA) is 47.0 Å². The monoisotopic (exact) mass is 327 g/mol. The fourth-order valence-corrected chi connectivity index (χ4v) is 1.81. The van der Waals surface area contributed by atoms with E-state index in [4.69, 9.17) is 16.3 Å². The molecular weight excluding hydrogens is 318 g/mol. The lowest BCUT2D eigenvalue weighted by Gasteiger charge is -2.08. The third kappa shape index (κ3) is 3.11. The highest BCUT2D eigenvalue weighted by atomic mass is 79.9. The minimum Gasteiger partial charge on any atom is -0.494 e. The predicted molar refractivity (Wildman–Crippen MR) is 75.6 cm³/mol. The van der Waals surface area contributed by atoms with Crippen molar-refractivity contribution in [3.8, 4) is 5.75 Å². The molecule has 0 saturated heterocycles. The van der Waals surface area contributed by atoms with Gasteiger partial charge in [-0.05, 0) is 47.1 Å². The molecule has 0 aliphatic rings. The SMILES string of the molecule is CCOc1ccc(Nc2ncnc(Cl)c2Br)cc1. The maximum Gasteiger partial charge on any atom is 0.149 e. The molecule has 0 atom stereocenters. The van der Waals surface area contributed by atoms with Gasteiger partial charge < -0.3 is 10.1 Å². The fraction of sp³-hybridized carbons (Fsp3) is 0.167. The van der Waals surface area contributed by atoms with Crippen molar-refractivity contribution in [2.24, 2.45) is 0 Å². The van der Waals surface area contributed by atoms with Gasteiger partial charge in [0.05, 0.1) is 11.1 Å². The van der Waals surface area contributed by atoms with Gasteiger partial charge in [-0.1, -0.05) is 11.6 Å². The van der Waals surface area contributed by atoms with Crippen LogP contribution in [0.5, 0.6) is 5.75 Å². The summed E-state index contributed by atoms with van der Waals surface area (Å²) in [5.41, 5.74) is 0.897.